The van der Waals surface area contributed by atoms with Crippen molar-refractivity contribution in [2.24, 2.45) is 0 Å². The normalized spacial score (nSPS) is 12.6. The quantitative estimate of drug-likeness (QED) is 0.630. The second-order valence-electron chi connectivity index (χ2n) is 5.37. The lowest BCUT2D eigenvalue weighted by Crippen LogP contribution is -2.14. The number of sulfonamides is 1. The van der Waals surface area contributed by atoms with E-state index in [0.717, 1.165) is 0 Å². The Kier molecular flexibility index (Phi) is 5.40. The van der Waals surface area contributed by atoms with Crippen LogP contribution in [0.3, 0.4) is 0 Å². The van der Waals surface area contributed by atoms with Crippen molar-refractivity contribution in [3.05, 3.63) is 63.8 Å². The van der Waals surface area contributed by atoms with E-state index in [4.69, 9.17) is 11.6 Å². The highest BCUT2D eigenvalue weighted by Gasteiger charge is 2.19. The summed E-state index contributed by atoms with van der Waals surface area (Å²) in [6.07, 6.45) is 1.18. The van der Waals surface area contributed by atoms with Crippen LogP contribution in [0.25, 0.3) is 0 Å². The maximum atomic E-state index is 13.9. The summed E-state index contributed by atoms with van der Waals surface area (Å²) in [5, 5.41) is 4.66. The van der Waals surface area contributed by atoms with Crippen molar-refractivity contribution in [2.75, 3.05) is 10.0 Å². The van der Waals surface area contributed by atoms with E-state index in [0.29, 0.717) is 5.56 Å². The van der Waals surface area contributed by atoms with Crippen LogP contribution in [-0.4, -0.2) is 18.4 Å². The Hall–Kier alpha value is -2.23. The maximum Gasteiger partial charge on any atom is 0.264 e. The fourth-order valence-electron chi connectivity index (χ4n) is 2.24. The molecular weight excluding hydrogens is 399 g/mol. The first-order chi connectivity index (χ1) is 12.4. The van der Waals surface area contributed by atoms with Crippen molar-refractivity contribution >= 4 is 44.6 Å². The Labute approximate surface area is 159 Å². The largest absolute Gasteiger partial charge is 0.362 e. The molecule has 3 rings (SSSR count). The topological polar surface area (TPSA) is 84.0 Å². The van der Waals surface area contributed by atoms with Gasteiger partial charge in [0.05, 0.1) is 16.6 Å². The number of pyridine rings is 1. The molecule has 136 valence electrons. The summed E-state index contributed by atoms with van der Waals surface area (Å²) in [6, 6.07) is 7.22. The van der Waals surface area contributed by atoms with Crippen molar-refractivity contribution in [3.8, 4) is 0 Å². The summed E-state index contributed by atoms with van der Waals surface area (Å²) >= 11 is 7.43. The second-order valence-corrected chi connectivity index (χ2v) is 8.18. The number of nitrogens with one attached hydrogen (secondary N) is 2. The minimum absolute atomic E-state index is 0.0976. The molecule has 0 unspecified atom stereocenters. The van der Waals surface area contributed by atoms with Crippen molar-refractivity contribution in [3.63, 3.8) is 0 Å². The first-order valence-corrected chi connectivity index (χ1v) is 10.2. The lowest BCUT2D eigenvalue weighted by molar-refractivity contribution is 0.600. The van der Waals surface area contributed by atoms with Gasteiger partial charge in [-0.25, -0.2) is 22.8 Å². The van der Waals surface area contributed by atoms with E-state index < -0.39 is 16.1 Å². The fraction of sp³-hybridized carbons (Fsp3) is 0.125. The molecule has 0 amide bonds. The molecule has 10 heteroatoms. The smallest absolute Gasteiger partial charge is 0.264 e. The first kappa shape index (κ1) is 18.6. The minimum Gasteiger partial charge on any atom is -0.362 e. The minimum atomic E-state index is -3.85. The number of hydrogen-bond acceptors (Lipinski definition) is 6. The van der Waals surface area contributed by atoms with Crippen LogP contribution in [0, 0.1) is 5.82 Å². The van der Waals surface area contributed by atoms with Crippen molar-refractivity contribution < 1.29 is 12.8 Å². The summed E-state index contributed by atoms with van der Waals surface area (Å²) in [4.78, 5) is 7.84. The van der Waals surface area contributed by atoms with Crippen LogP contribution >= 0.6 is 22.9 Å². The van der Waals surface area contributed by atoms with Crippen molar-refractivity contribution in [1.82, 2.24) is 9.97 Å². The standard InChI is InChI=1S/C16H14ClFN4O2S2/c1-10(12-4-2-3-5-14(12)18)21-16-13(17)6-11(7-19-16)26(23,24)22-15-8-25-9-20-15/h2-10,22H,1H3,(H,19,21)/t10-/m0/s1. The lowest BCUT2D eigenvalue weighted by atomic mass is 10.1. The van der Waals surface area contributed by atoms with Gasteiger partial charge >= 0.3 is 0 Å². The van der Waals surface area contributed by atoms with E-state index in [2.05, 4.69) is 20.0 Å². The average Bonchev–Trinajstić information content (AvgIpc) is 3.09. The number of nitrogens with zero attached hydrogens (tertiary/aromatic N) is 2. The summed E-state index contributed by atoms with van der Waals surface area (Å²) in [6.45, 7) is 1.75. The fourth-order valence-corrected chi connectivity index (χ4v) is 4.06. The molecule has 26 heavy (non-hydrogen) atoms. The molecule has 0 radical (unpaired) electrons. The van der Waals surface area contributed by atoms with Gasteiger partial charge in [0, 0.05) is 17.1 Å². The van der Waals surface area contributed by atoms with Gasteiger partial charge in [-0.2, -0.15) is 0 Å². The monoisotopic (exact) mass is 412 g/mol. The molecule has 0 aliphatic heterocycles. The molecule has 1 atom stereocenters. The number of aromatic nitrogens is 2. The van der Waals surface area contributed by atoms with E-state index in [-0.39, 0.29) is 27.4 Å². The van der Waals surface area contributed by atoms with E-state index >= 15 is 0 Å². The summed E-state index contributed by atoms with van der Waals surface area (Å²) in [5.41, 5.74) is 1.97. The average molecular weight is 413 g/mol. The van der Waals surface area contributed by atoms with E-state index in [1.807, 2.05) is 0 Å². The van der Waals surface area contributed by atoms with Gasteiger partial charge in [0.25, 0.3) is 10.0 Å². The van der Waals surface area contributed by atoms with Crippen LogP contribution in [-0.2, 0) is 10.0 Å². The van der Waals surface area contributed by atoms with Gasteiger partial charge in [-0.05, 0) is 19.1 Å². The SMILES string of the molecule is C[C@H](Nc1ncc(S(=O)(=O)Nc2cscn2)cc1Cl)c1ccccc1F. The molecule has 0 saturated heterocycles. The zero-order valence-corrected chi connectivity index (χ0v) is 15.9. The van der Waals surface area contributed by atoms with Crippen molar-refractivity contribution in [2.45, 2.75) is 17.9 Å². The lowest BCUT2D eigenvalue weighted by Gasteiger charge is -2.17. The van der Waals surface area contributed by atoms with Gasteiger partial charge in [0.15, 0.2) is 5.82 Å². The van der Waals surface area contributed by atoms with Crippen LogP contribution in [0.5, 0.6) is 0 Å². The second kappa shape index (κ2) is 7.56. The van der Waals surface area contributed by atoms with Crippen LogP contribution < -0.4 is 10.0 Å². The molecule has 0 fully saturated rings. The number of benzene rings is 1. The van der Waals surface area contributed by atoms with E-state index in [9.17, 15) is 12.8 Å². The molecule has 6 nitrogen and oxygen atoms in total. The highest BCUT2D eigenvalue weighted by molar-refractivity contribution is 7.92. The maximum absolute atomic E-state index is 13.9. The van der Waals surface area contributed by atoms with Crippen LogP contribution in [0.4, 0.5) is 16.0 Å². The predicted molar refractivity (Wildman–Crippen MR) is 101 cm³/mol. The molecule has 2 N–H and O–H groups in total. The molecule has 0 aliphatic rings. The van der Waals surface area contributed by atoms with Crippen LogP contribution in [0.1, 0.15) is 18.5 Å². The Morgan fingerprint density at radius 1 is 1.27 bits per heavy atom. The summed E-state index contributed by atoms with van der Waals surface area (Å²) in [7, 11) is -3.85. The molecular formula is C16H14ClFN4O2S2. The van der Waals surface area contributed by atoms with Gasteiger partial charge in [0.1, 0.15) is 16.5 Å². The zero-order valence-electron chi connectivity index (χ0n) is 13.5. The van der Waals surface area contributed by atoms with Gasteiger partial charge < -0.3 is 5.32 Å². The van der Waals surface area contributed by atoms with E-state index in [1.165, 1.54) is 35.2 Å². The first-order valence-electron chi connectivity index (χ1n) is 7.44. The summed E-state index contributed by atoms with van der Waals surface area (Å²) < 4.78 is 40.9. The molecule has 2 aromatic heterocycles. The highest BCUT2D eigenvalue weighted by Crippen LogP contribution is 2.28. The Balaban J connectivity index is 1.80. The highest BCUT2D eigenvalue weighted by atomic mass is 35.5. The Morgan fingerprint density at radius 2 is 2.04 bits per heavy atom. The Morgan fingerprint density at radius 3 is 2.69 bits per heavy atom. The molecule has 0 bridgehead atoms. The molecule has 0 saturated carbocycles. The zero-order chi connectivity index (χ0) is 18.7. The van der Waals surface area contributed by atoms with Gasteiger partial charge in [-0.1, -0.05) is 29.8 Å². The molecule has 2 heterocycles. The third-order valence-electron chi connectivity index (χ3n) is 3.52. The van der Waals surface area contributed by atoms with Gasteiger partial charge in [-0.15, -0.1) is 11.3 Å². The van der Waals surface area contributed by atoms with Crippen LogP contribution in [0.15, 0.2) is 52.3 Å². The number of anilines is 2. The number of rotatable bonds is 6. The molecule has 0 spiro atoms. The number of thiazole rings is 1. The van der Waals surface area contributed by atoms with Crippen LogP contribution in [0.2, 0.25) is 5.02 Å². The van der Waals surface area contributed by atoms with E-state index in [1.54, 1.807) is 30.5 Å². The molecule has 3 aromatic rings. The number of halogens is 2. The number of hydrogen-bond donors (Lipinski definition) is 2. The van der Waals surface area contributed by atoms with Gasteiger partial charge in [0.2, 0.25) is 0 Å². The third kappa shape index (κ3) is 4.12. The molecule has 0 aliphatic carbocycles. The van der Waals surface area contributed by atoms with Crippen molar-refractivity contribution in [1.29, 1.82) is 0 Å². The van der Waals surface area contributed by atoms with Gasteiger partial charge in [-0.3, -0.25) is 4.72 Å². The Bertz CT molecular complexity index is 1010. The predicted octanol–water partition coefficient (Wildman–Crippen LogP) is 4.30. The third-order valence-corrected chi connectivity index (χ3v) is 5.72. The summed E-state index contributed by atoms with van der Waals surface area (Å²) in [5.74, 6) is 0.131. The molecule has 1 aromatic carbocycles.